The first kappa shape index (κ1) is 11.1. The van der Waals surface area contributed by atoms with Crippen molar-refractivity contribution in [2.75, 3.05) is 30.3 Å². The molecule has 3 heterocycles. The van der Waals surface area contributed by atoms with Crippen molar-refractivity contribution in [1.82, 2.24) is 15.3 Å². The number of nitrogens with two attached hydrogens (primary N) is 1. The highest BCUT2D eigenvalue weighted by Crippen LogP contribution is 2.37. The molecule has 1 aromatic heterocycles. The van der Waals surface area contributed by atoms with Gasteiger partial charge in [0.05, 0.1) is 5.69 Å². The molecule has 2 fully saturated rings. The summed E-state index contributed by atoms with van der Waals surface area (Å²) in [6, 6.07) is 2.15. The zero-order valence-corrected chi connectivity index (χ0v) is 11.0. The second-order valence-corrected chi connectivity index (χ2v) is 5.84. The van der Waals surface area contributed by atoms with Crippen LogP contribution in [0.15, 0.2) is 17.8 Å². The summed E-state index contributed by atoms with van der Waals surface area (Å²) in [4.78, 5) is 11.2. The zero-order chi connectivity index (χ0) is 12.8. The Morgan fingerprint density at radius 1 is 1.26 bits per heavy atom. The lowest BCUT2D eigenvalue weighted by atomic mass is 9.83. The van der Waals surface area contributed by atoms with Crippen molar-refractivity contribution in [3.63, 3.8) is 0 Å². The Labute approximate surface area is 112 Å². The van der Waals surface area contributed by atoms with Gasteiger partial charge in [0.25, 0.3) is 0 Å². The van der Waals surface area contributed by atoms with Crippen molar-refractivity contribution in [2.24, 2.45) is 5.92 Å². The Balaban J connectivity index is 1.62. The second kappa shape index (κ2) is 4.11. The third kappa shape index (κ3) is 1.84. The van der Waals surface area contributed by atoms with Gasteiger partial charge >= 0.3 is 0 Å². The summed E-state index contributed by atoms with van der Waals surface area (Å²) in [6.07, 6.45) is 5.96. The molecule has 0 spiro atoms. The number of nitrogens with one attached hydrogen (secondary N) is 1. The van der Waals surface area contributed by atoms with Crippen LogP contribution in [0.25, 0.3) is 0 Å². The van der Waals surface area contributed by atoms with E-state index in [4.69, 9.17) is 5.73 Å². The molecule has 2 aliphatic heterocycles. The summed E-state index contributed by atoms with van der Waals surface area (Å²) in [6.45, 7) is 3.07. The lowest BCUT2D eigenvalue weighted by Crippen LogP contribution is -2.25. The van der Waals surface area contributed by atoms with Gasteiger partial charge in [-0.3, -0.25) is 0 Å². The molecule has 1 saturated heterocycles. The summed E-state index contributed by atoms with van der Waals surface area (Å²) in [5, 5.41) is 3.31. The molecule has 1 saturated carbocycles. The molecule has 1 atom stereocenters. The number of hydrogen-bond donors (Lipinski definition) is 2. The van der Waals surface area contributed by atoms with Crippen LogP contribution in [-0.4, -0.2) is 29.6 Å². The predicted molar refractivity (Wildman–Crippen MR) is 74.8 cm³/mol. The Kier molecular flexibility index (Phi) is 2.40. The van der Waals surface area contributed by atoms with E-state index in [1.165, 1.54) is 24.8 Å². The van der Waals surface area contributed by atoms with Crippen molar-refractivity contribution in [3.05, 3.63) is 23.5 Å². The van der Waals surface area contributed by atoms with Gasteiger partial charge in [-0.05, 0) is 24.6 Å². The van der Waals surface area contributed by atoms with Gasteiger partial charge in [-0.25, -0.2) is 4.98 Å². The van der Waals surface area contributed by atoms with E-state index in [0.29, 0.717) is 17.8 Å². The highest BCUT2D eigenvalue weighted by Gasteiger charge is 2.31. The fourth-order valence-corrected chi connectivity index (χ4v) is 3.21. The van der Waals surface area contributed by atoms with Crippen LogP contribution in [0, 0.1) is 5.92 Å². The van der Waals surface area contributed by atoms with Gasteiger partial charge in [-0.2, -0.15) is 4.98 Å². The zero-order valence-electron chi connectivity index (χ0n) is 11.0. The van der Waals surface area contributed by atoms with Crippen LogP contribution in [0.1, 0.15) is 30.9 Å². The van der Waals surface area contributed by atoms with Gasteiger partial charge in [0.15, 0.2) is 0 Å². The SMILES string of the molecule is Nc1nc(C2CCC2)cc(N2CC3=CNCC3C2)n1. The van der Waals surface area contributed by atoms with E-state index in [2.05, 4.69) is 32.5 Å². The number of nitrogens with zero attached hydrogens (tertiary/aromatic N) is 3. The molecule has 1 aromatic rings. The van der Waals surface area contributed by atoms with E-state index in [0.717, 1.165) is 31.1 Å². The monoisotopic (exact) mass is 257 g/mol. The molecular weight excluding hydrogens is 238 g/mol. The van der Waals surface area contributed by atoms with Crippen molar-refractivity contribution >= 4 is 11.8 Å². The Hall–Kier alpha value is -1.78. The molecule has 0 radical (unpaired) electrons. The number of fused-ring (bicyclic) bond motifs is 1. The van der Waals surface area contributed by atoms with Crippen molar-refractivity contribution < 1.29 is 0 Å². The largest absolute Gasteiger partial charge is 0.390 e. The first-order valence-electron chi connectivity index (χ1n) is 7.11. The highest BCUT2D eigenvalue weighted by molar-refractivity contribution is 5.49. The van der Waals surface area contributed by atoms with Crippen molar-refractivity contribution in [2.45, 2.75) is 25.2 Å². The first-order valence-corrected chi connectivity index (χ1v) is 7.11. The van der Waals surface area contributed by atoms with Crippen LogP contribution in [0.5, 0.6) is 0 Å². The Bertz CT molecular complexity index is 535. The predicted octanol–water partition coefficient (Wildman–Crippen LogP) is 1.25. The molecule has 0 amide bonds. The molecule has 3 aliphatic rings. The molecule has 5 heteroatoms. The van der Waals surface area contributed by atoms with Crippen molar-refractivity contribution in [1.29, 1.82) is 0 Å². The molecule has 3 N–H and O–H groups in total. The minimum absolute atomic E-state index is 0.420. The minimum Gasteiger partial charge on any atom is -0.390 e. The molecule has 1 aliphatic carbocycles. The maximum atomic E-state index is 5.88. The number of rotatable bonds is 2. The molecule has 5 nitrogen and oxygen atoms in total. The topological polar surface area (TPSA) is 67.1 Å². The lowest BCUT2D eigenvalue weighted by molar-refractivity contribution is 0.411. The summed E-state index contributed by atoms with van der Waals surface area (Å²) in [7, 11) is 0. The average Bonchev–Trinajstić information content (AvgIpc) is 2.85. The third-order valence-electron chi connectivity index (χ3n) is 4.59. The van der Waals surface area contributed by atoms with Crippen LogP contribution >= 0.6 is 0 Å². The van der Waals surface area contributed by atoms with Crippen LogP contribution in [0.2, 0.25) is 0 Å². The Morgan fingerprint density at radius 2 is 2.16 bits per heavy atom. The Morgan fingerprint density at radius 3 is 2.89 bits per heavy atom. The smallest absolute Gasteiger partial charge is 0.222 e. The minimum atomic E-state index is 0.420. The van der Waals surface area contributed by atoms with E-state index in [1.807, 2.05) is 0 Å². The quantitative estimate of drug-likeness (QED) is 0.834. The average molecular weight is 257 g/mol. The van der Waals surface area contributed by atoms with Gasteiger partial charge in [-0.15, -0.1) is 0 Å². The van der Waals surface area contributed by atoms with Gasteiger partial charge in [0.2, 0.25) is 5.95 Å². The maximum Gasteiger partial charge on any atom is 0.222 e. The lowest BCUT2D eigenvalue weighted by Gasteiger charge is -2.26. The van der Waals surface area contributed by atoms with E-state index >= 15 is 0 Å². The van der Waals surface area contributed by atoms with Gasteiger partial charge < -0.3 is 16.0 Å². The molecule has 100 valence electrons. The van der Waals surface area contributed by atoms with Gasteiger partial charge in [-0.1, -0.05) is 6.42 Å². The standard InChI is InChI=1S/C14H19N5/c15-14-17-12(9-2-1-3-9)4-13(18-14)19-7-10-5-16-6-11(10)8-19/h4-5,9,11,16H,1-3,6-8H2,(H2,15,17,18). The number of nitrogen functional groups attached to an aromatic ring is 1. The molecule has 0 aromatic carbocycles. The number of hydrogen-bond acceptors (Lipinski definition) is 5. The number of anilines is 2. The van der Waals surface area contributed by atoms with E-state index < -0.39 is 0 Å². The van der Waals surface area contributed by atoms with E-state index in [1.54, 1.807) is 0 Å². The van der Waals surface area contributed by atoms with E-state index in [9.17, 15) is 0 Å². The third-order valence-corrected chi connectivity index (χ3v) is 4.59. The normalized spacial score (nSPS) is 25.8. The summed E-state index contributed by atoms with van der Waals surface area (Å²) >= 11 is 0. The van der Waals surface area contributed by atoms with Crippen molar-refractivity contribution in [3.8, 4) is 0 Å². The van der Waals surface area contributed by atoms with Crippen LogP contribution in [0.3, 0.4) is 0 Å². The van der Waals surface area contributed by atoms with E-state index in [-0.39, 0.29) is 0 Å². The summed E-state index contributed by atoms with van der Waals surface area (Å²) in [5.41, 5.74) is 8.51. The summed E-state index contributed by atoms with van der Waals surface area (Å²) in [5.74, 6) is 2.67. The molecule has 0 bridgehead atoms. The fraction of sp³-hybridized carbons (Fsp3) is 0.571. The molecule has 4 rings (SSSR count). The number of aromatic nitrogens is 2. The highest BCUT2D eigenvalue weighted by atomic mass is 15.2. The molecule has 1 unspecified atom stereocenters. The fourth-order valence-electron chi connectivity index (χ4n) is 3.21. The van der Waals surface area contributed by atoms with Crippen LogP contribution < -0.4 is 16.0 Å². The van der Waals surface area contributed by atoms with Gasteiger partial charge in [0, 0.05) is 37.5 Å². The summed E-state index contributed by atoms with van der Waals surface area (Å²) < 4.78 is 0. The second-order valence-electron chi connectivity index (χ2n) is 5.84. The van der Waals surface area contributed by atoms with Crippen LogP contribution in [0.4, 0.5) is 11.8 Å². The van der Waals surface area contributed by atoms with Crippen LogP contribution in [-0.2, 0) is 0 Å². The molecular formula is C14H19N5. The first-order chi connectivity index (χ1) is 9.29. The molecule has 19 heavy (non-hydrogen) atoms. The maximum absolute atomic E-state index is 5.88. The van der Waals surface area contributed by atoms with Gasteiger partial charge in [0.1, 0.15) is 5.82 Å².